The third-order valence-corrected chi connectivity index (χ3v) is 3.59. The van der Waals surface area contributed by atoms with Crippen LogP contribution in [0.1, 0.15) is 24.4 Å². The highest BCUT2D eigenvalue weighted by molar-refractivity contribution is 5.29. The van der Waals surface area contributed by atoms with Crippen molar-refractivity contribution in [1.82, 2.24) is 4.90 Å². The molecule has 0 aromatic heterocycles. The number of likely N-dealkylation sites (tertiary alicyclic amines) is 1. The fraction of sp³-hybridized carbons (Fsp3) is 0.571. The second-order valence-electron chi connectivity index (χ2n) is 4.82. The molecular weight excluding hydrogens is 228 g/mol. The molecule has 0 bridgehead atoms. The summed E-state index contributed by atoms with van der Waals surface area (Å²) < 4.78 is 5.16. The summed E-state index contributed by atoms with van der Waals surface area (Å²) >= 11 is 0. The maximum atomic E-state index is 9.75. The molecule has 0 radical (unpaired) electrons. The Morgan fingerprint density at radius 3 is 2.72 bits per heavy atom. The zero-order valence-electron chi connectivity index (χ0n) is 10.9. The van der Waals surface area contributed by atoms with Gasteiger partial charge in [0.15, 0.2) is 0 Å². The van der Waals surface area contributed by atoms with E-state index >= 15 is 0 Å². The van der Waals surface area contributed by atoms with E-state index in [1.54, 1.807) is 7.11 Å². The first-order valence-corrected chi connectivity index (χ1v) is 6.50. The molecule has 2 atom stereocenters. The zero-order chi connectivity index (χ0) is 13.0. The van der Waals surface area contributed by atoms with Gasteiger partial charge in [-0.05, 0) is 37.1 Å². The number of hydrogen-bond acceptors (Lipinski definition) is 4. The SMILES string of the molecule is COc1ccc(C(CN)N2CCCC(O)C2)cc1. The molecule has 3 N–H and O–H groups in total. The molecule has 0 amide bonds. The Bertz CT molecular complexity index is 367. The van der Waals surface area contributed by atoms with Gasteiger partial charge in [-0.2, -0.15) is 0 Å². The standard InChI is InChI=1S/C14H22N2O2/c1-18-13-6-4-11(5-7-13)14(9-15)16-8-2-3-12(17)10-16/h4-7,12,14,17H,2-3,8-10,15H2,1H3. The number of nitrogens with two attached hydrogens (primary N) is 1. The average molecular weight is 250 g/mol. The molecule has 1 aromatic rings. The van der Waals surface area contributed by atoms with Gasteiger partial charge in [-0.15, -0.1) is 0 Å². The molecule has 2 unspecified atom stereocenters. The van der Waals surface area contributed by atoms with Crippen LogP contribution in [-0.2, 0) is 0 Å². The van der Waals surface area contributed by atoms with Crippen molar-refractivity contribution in [2.24, 2.45) is 5.73 Å². The Morgan fingerprint density at radius 2 is 2.17 bits per heavy atom. The zero-order valence-corrected chi connectivity index (χ0v) is 10.9. The monoisotopic (exact) mass is 250 g/mol. The summed E-state index contributed by atoms with van der Waals surface area (Å²) in [7, 11) is 1.66. The Morgan fingerprint density at radius 1 is 1.44 bits per heavy atom. The van der Waals surface area contributed by atoms with Crippen LogP contribution in [0.4, 0.5) is 0 Å². The maximum absolute atomic E-state index is 9.75. The third-order valence-electron chi connectivity index (χ3n) is 3.59. The number of benzene rings is 1. The normalized spacial score (nSPS) is 22.7. The fourth-order valence-electron chi connectivity index (χ4n) is 2.59. The third kappa shape index (κ3) is 3.02. The lowest BCUT2D eigenvalue weighted by molar-refractivity contribution is 0.0480. The number of aliphatic hydroxyl groups excluding tert-OH is 1. The van der Waals surface area contributed by atoms with E-state index in [0.29, 0.717) is 13.1 Å². The highest BCUT2D eigenvalue weighted by Gasteiger charge is 2.24. The van der Waals surface area contributed by atoms with Gasteiger partial charge in [-0.1, -0.05) is 12.1 Å². The van der Waals surface area contributed by atoms with E-state index < -0.39 is 0 Å². The molecule has 1 heterocycles. The van der Waals surface area contributed by atoms with Crippen LogP contribution in [0, 0.1) is 0 Å². The van der Waals surface area contributed by atoms with Gasteiger partial charge in [0, 0.05) is 19.1 Å². The molecule has 0 spiro atoms. The summed E-state index contributed by atoms with van der Waals surface area (Å²) in [6, 6.07) is 8.21. The summed E-state index contributed by atoms with van der Waals surface area (Å²) in [6.07, 6.45) is 1.72. The van der Waals surface area contributed by atoms with Gasteiger partial charge in [0.05, 0.1) is 13.2 Å². The van der Waals surface area contributed by atoms with Crippen LogP contribution in [0.15, 0.2) is 24.3 Å². The van der Waals surface area contributed by atoms with Gasteiger partial charge in [0.25, 0.3) is 0 Å². The van der Waals surface area contributed by atoms with Crippen molar-refractivity contribution < 1.29 is 9.84 Å². The van der Waals surface area contributed by atoms with Crippen LogP contribution < -0.4 is 10.5 Å². The van der Waals surface area contributed by atoms with Gasteiger partial charge in [-0.25, -0.2) is 0 Å². The van der Waals surface area contributed by atoms with Crippen LogP contribution in [-0.4, -0.2) is 42.9 Å². The Balaban J connectivity index is 2.11. The second kappa shape index (κ2) is 6.18. The van der Waals surface area contributed by atoms with E-state index in [4.69, 9.17) is 10.5 Å². The van der Waals surface area contributed by atoms with Crippen molar-refractivity contribution in [3.8, 4) is 5.75 Å². The van der Waals surface area contributed by atoms with Gasteiger partial charge in [0.1, 0.15) is 5.75 Å². The van der Waals surface area contributed by atoms with Crippen LogP contribution in [0.2, 0.25) is 0 Å². The predicted octanol–water partition coefficient (Wildman–Crippen LogP) is 1.15. The largest absolute Gasteiger partial charge is 0.497 e. The fourth-order valence-corrected chi connectivity index (χ4v) is 2.59. The number of aliphatic hydroxyl groups is 1. The highest BCUT2D eigenvalue weighted by atomic mass is 16.5. The number of rotatable bonds is 4. The molecule has 18 heavy (non-hydrogen) atoms. The van der Waals surface area contributed by atoms with E-state index in [0.717, 1.165) is 25.1 Å². The van der Waals surface area contributed by atoms with Gasteiger partial charge < -0.3 is 15.6 Å². The first-order valence-electron chi connectivity index (χ1n) is 6.50. The van der Waals surface area contributed by atoms with Gasteiger partial charge >= 0.3 is 0 Å². The maximum Gasteiger partial charge on any atom is 0.118 e. The van der Waals surface area contributed by atoms with Crippen LogP contribution in [0.5, 0.6) is 5.75 Å². The van der Waals surface area contributed by atoms with Gasteiger partial charge in [-0.3, -0.25) is 4.90 Å². The summed E-state index contributed by atoms with van der Waals surface area (Å²) in [5, 5.41) is 9.75. The predicted molar refractivity (Wildman–Crippen MR) is 71.6 cm³/mol. The average Bonchev–Trinajstić information content (AvgIpc) is 2.40. The van der Waals surface area contributed by atoms with Crippen molar-refractivity contribution in [2.45, 2.75) is 25.0 Å². The number of methoxy groups -OCH3 is 1. The summed E-state index contributed by atoms with van der Waals surface area (Å²) in [4.78, 5) is 2.27. The van der Waals surface area contributed by atoms with Gasteiger partial charge in [0.2, 0.25) is 0 Å². The molecule has 1 fully saturated rings. The molecule has 0 saturated carbocycles. The minimum atomic E-state index is -0.217. The number of piperidine rings is 1. The lowest BCUT2D eigenvalue weighted by atomic mass is 10.0. The minimum Gasteiger partial charge on any atom is -0.497 e. The molecule has 1 aromatic carbocycles. The quantitative estimate of drug-likeness (QED) is 0.841. The van der Waals surface area contributed by atoms with Crippen molar-refractivity contribution in [2.75, 3.05) is 26.7 Å². The lowest BCUT2D eigenvalue weighted by Gasteiger charge is -2.36. The second-order valence-corrected chi connectivity index (χ2v) is 4.82. The molecule has 4 heteroatoms. The van der Waals surface area contributed by atoms with Crippen molar-refractivity contribution in [3.05, 3.63) is 29.8 Å². The molecular formula is C14H22N2O2. The Kier molecular flexibility index (Phi) is 4.58. The summed E-state index contributed by atoms with van der Waals surface area (Å²) in [5.41, 5.74) is 7.08. The van der Waals surface area contributed by atoms with E-state index in [1.807, 2.05) is 12.1 Å². The molecule has 2 rings (SSSR count). The highest BCUT2D eigenvalue weighted by Crippen LogP contribution is 2.25. The number of nitrogens with zero attached hydrogens (tertiary/aromatic N) is 1. The van der Waals surface area contributed by atoms with Crippen LogP contribution >= 0.6 is 0 Å². The summed E-state index contributed by atoms with van der Waals surface area (Å²) in [6.45, 7) is 2.29. The first kappa shape index (κ1) is 13.3. The lowest BCUT2D eigenvalue weighted by Crippen LogP contribution is -2.43. The molecule has 1 aliphatic heterocycles. The topological polar surface area (TPSA) is 58.7 Å². The van der Waals surface area contributed by atoms with Crippen LogP contribution in [0.25, 0.3) is 0 Å². The molecule has 1 aliphatic rings. The number of ether oxygens (including phenoxy) is 1. The van der Waals surface area contributed by atoms with Crippen LogP contribution in [0.3, 0.4) is 0 Å². The molecule has 1 saturated heterocycles. The smallest absolute Gasteiger partial charge is 0.118 e. The Hall–Kier alpha value is -1.10. The Labute approximate surface area is 108 Å². The minimum absolute atomic E-state index is 0.186. The molecule has 0 aliphatic carbocycles. The van der Waals surface area contributed by atoms with Crippen molar-refractivity contribution in [3.63, 3.8) is 0 Å². The van der Waals surface area contributed by atoms with E-state index in [2.05, 4.69) is 17.0 Å². The summed E-state index contributed by atoms with van der Waals surface area (Å²) in [5.74, 6) is 0.855. The number of β-amino-alcohol motifs (C(OH)–C–C–N with tert-alkyl or cyclic N) is 1. The van der Waals surface area contributed by atoms with Crippen molar-refractivity contribution in [1.29, 1.82) is 0 Å². The van der Waals surface area contributed by atoms with Crippen molar-refractivity contribution >= 4 is 0 Å². The molecule has 4 nitrogen and oxygen atoms in total. The van der Waals surface area contributed by atoms with E-state index in [9.17, 15) is 5.11 Å². The van der Waals surface area contributed by atoms with E-state index in [1.165, 1.54) is 5.56 Å². The number of hydrogen-bond donors (Lipinski definition) is 2. The first-order chi connectivity index (χ1) is 8.74. The van der Waals surface area contributed by atoms with E-state index in [-0.39, 0.29) is 12.1 Å². The molecule has 100 valence electrons.